The predicted octanol–water partition coefficient (Wildman–Crippen LogP) is 3.60. The second kappa shape index (κ2) is 4.52. The van der Waals surface area contributed by atoms with Crippen LogP contribution in [-0.2, 0) is 0 Å². The molecule has 3 rings (SSSR count). The Morgan fingerprint density at radius 1 is 1.06 bits per heavy atom. The number of carbonyl (C=O) groups excluding carboxylic acids is 1. The third-order valence-electron chi connectivity index (χ3n) is 4.03. The lowest BCUT2D eigenvalue weighted by Gasteiger charge is -2.33. The van der Waals surface area contributed by atoms with Gasteiger partial charge in [-0.2, -0.15) is 0 Å². The van der Waals surface area contributed by atoms with E-state index in [0.29, 0.717) is 12.3 Å². The summed E-state index contributed by atoms with van der Waals surface area (Å²) in [7, 11) is 0. The zero-order valence-electron chi connectivity index (χ0n) is 10.0. The highest BCUT2D eigenvalue weighted by Gasteiger charge is 2.32. The standard InChI is InChI=1S/C15H18O2/c16-13-10-15(11-6-2-1-3-7-11)17-14-9-5-4-8-12(13)14/h4-5,8-9,11,15H,1-3,6-7,10H2. The molecule has 1 atom stereocenters. The number of carbonyl (C=O) groups is 1. The first-order valence-corrected chi connectivity index (χ1v) is 6.63. The maximum absolute atomic E-state index is 12.1. The molecular formula is C15H18O2. The summed E-state index contributed by atoms with van der Waals surface area (Å²) < 4.78 is 6.02. The average Bonchev–Trinajstić information content (AvgIpc) is 2.40. The molecule has 2 heteroatoms. The van der Waals surface area contributed by atoms with Crippen molar-refractivity contribution in [1.82, 2.24) is 0 Å². The Morgan fingerprint density at radius 2 is 1.82 bits per heavy atom. The van der Waals surface area contributed by atoms with Crippen LogP contribution in [0.15, 0.2) is 24.3 Å². The highest BCUT2D eigenvalue weighted by molar-refractivity contribution is 5.99. The van der Waals surface area contributed by atoms with Crippen LogP contribution in [0.25, 0.3) is 0 Å². The summed E-state index contributed by atoms with van der Waals surface area (Å²) in [5, 5.41) is 0. The highest BCUT2D eigenvalue weighted by Crippen LogP contribution is 2.35. The van der Waals surface area contributed by atoms with Crippen LogP contribution in [0.5, 0.6) is 5.75 Å². The van der Waals surface area contributed by atoms with E-state index in [-0.39, 0.29) is 11.9 Å². The van der Waals surface area contributed by atoms with Gasteiger partial charge in [0.25, 0.3) is 0 Å². The Hall–Kier alpha value is -1.31. The van der Waals surface area contributed by atoms with Gasteiger partial charge in [0.2, 0.25) is 0 Å². The number of fused-ring (bicyclic) bond motifs is 1. The van der Waals surface area contributed by atoms with Crippen molar-refractivity contribution < 1.29 is 9.53 Å². The minimum Gasteiger partial charge on any atom is -0.489 e. The molecule has 17 heavy (non-hydrogen) atoms. The van der Waals surface area contributed by atoms with E-state index in [9.17, 15) is 4.79 Å². The van der Waals surface area contributed by atoms with Gasteiger partial charge in [-0.15, -0.1) is 0 Å². The largest absolute Gasteiger partial charge is 0.489 e. The molecule has 0 bridgehead atoms. The number of benzene rings is 1. The van der Waals surface area contributed by atoms with Crippen LogP contribution in [0.3, 0.4) is 0 Å². The van der Waals surface area contributed by atoms with Crippen LogP contribution >= 0.6 is 0 Å². The summed E-state index contributed by atoms with van der Waals surface area (Å²) in [5.74, 6) is 1.63. The Morgan fingerprint density at radius 3 is 2.65 bits per heavy atom. The molecule has 1 aliphatic carbocycles. The quantitative estimate of drug-likeness (QED) is 0.736. The summed E-state index contributed by atoms with van der Waals surface area (Å²) in [6.45, 7) is 0. The number of para-hydroxylation sites is 1. The Kier molecular flexibility index (Phi) is 2.87. The predicted molar refractivity (Wildman–Crippen MR) is 66.4 cm³/mol. The zero-order chi connectivity index (χ0) is 11.7. The van der Waals surface area contributed by atoms with Crippen LogP contribution in [0, 0.1) is 5.92 Å². The SMILES string of the molecule is O=C1CC(C2CCCCC2)Oc2ccccc21. The van der Waals surface area contributed by atoms with Crippen molar-refractivity contribution >= 4 is 5.78 Å². The Labute approximate surface area is 102 Å². The lowest BCUT2D eigenvalue weighted by atomic mass is 9.82. The van der Waals surface area contributed by atoms with Crippen LogP contribution in [0.1, 0.15) is 48.9 Å². The molecule has 1 heterocycles. The fourth-order valence-corrected chi connectivity index (χ4v) is 3.07. The maximum atomic E-state index is 12.1. The Balaban J connectivity index is 1.80. The third-order valence-corrected chi connectivity index (χ3v) is 4.03. The first-order valence-electron chi connectivity index (χ1n) is 6.63. The zero-order valence-corrected chi connectivity index (χ0v) is 10.0. The maximum Gasteiger partial charge on any atom is 0.170 e. The van der Waals surface area contributed by atoms with Gasteiger partial charge in [0, 0.05) is 6.42 Å². The molecule has 0 saturated heterocycles. The van der Waals surface area contributed by atoms with E-state index in [1.807, 2.05) is 24.3 Å². The van der Waals surface area contributed by atoms with Crippen LogP contribution in [0.4, 0.5) is 0 Å². The van der Waals surface area contributed by atoms with Crippen molar-refractivity contribution in [3.05, 3.63) is 29.8 Å². The smallest absolute Gasteiger partial charge is 0.170 e. The molecule has 0 amide bonds. The summed E-state index contributed by atoms with van der Waals surface area (Å²) >= 11 is 0. The van der Waals surface area contributed by atoms with E-state index in [1.165, 1.54) is 32.1 Å². The van der Waals surface area contributed by atoms with Crippen molar-refractivity contribution in [3.8, 4) is 5.75 Å². The van der Waals surface area contributed by atoms with Gasteiger partial charge in [-0.25, -0.2) is 0 Å². The van der Waals surface area contributed by atoms with Gasteiger partial charge in [-0.05, 0) is 30.9 Å². The van der Waals surface area contributed by atoms with Crippen molar-refractivity contribution in [3.63, 3.8) is 0 Å². The topological polar surface area (TPSA) is 26.3 Å². The second-order valence-corrected chi connectivity index (χ2v) is 5.18. The number of Topliss-reactive ketones (excluding diaryl/α,β-unsaturated/α-hetero) is 1. The highest BCUT2D eigenvalue weighted by atomic mass is 16.5. The molecule has 90 valence electrons. The van der Waals surface area contributed by atoms with E-state index in [1.54, 1.807) is 0 Å². The third kappa shape index (κ3) is 2.08. The number of ether oxygens (including phenoxy) is 1. The van der Waals surface area contributed by atoms with E-state index in [0.717, 1.165) is 11.3 Å². The van der Waals surface area contributed by atoms with E-state index < -0.39 is 0 Å². The Bertz CT molecular complexity index is 419. The molecule has 1 aliphatic heterocycles. The minimum absolute atomic E-state index is 0.123. The average molecular weight is 230 g/mol. The summed E-state index contributed by atoms with van der Waals surface area (Å²) in [6, 6.07) is 7.63. The lowest BCUT2D eigenvalue weighted by Crippen LogP contribution is -2.34. The number of hydrogen-bond acceptors (Lipinski definition) is 2. The van der Waals surface area contributed by atoms with Gasteiger partial charge in [-0.3, -0.25) is 4.79 Å². The van der Waals surface area contributed by atoms with Gasteiger partial charge in [-0.1, -0.05) is 31.4 Å². The van der Waals surface area contributed by atoms with E-state index in [2.05, 4.69) is 0 Å². The van der Waals surface area contributed by atoms with E-state index >= 15 is 0 Å². The molecule has 0 spiro atoms. The minimum atomic E-state index is 0.123. The molecule has 1 saturated carbocycles. The second-order valence-electron chi connectivity index (χ2n) is 5.18. The molecule has 1 aromatic rings. The van der Waals surface area contributed by atoms with Crippen molar-refractivity contribution in [2.24, 2.45) is 5.92 Å². The van der Waals surface area contributed by atoms with Crippen molar-refractivity contribution in [2.45, 2.75) is 44.6 Å². The summed E-state index contributed by atoms with van der Waals surface area (Å²) in [5.41, 5.74) is 0.763. The van der Waals surface area contributed by atoms with Gasteiger partial charge in [0.15, 0.2) is 5.78 Å². The normalized spacial score (nSPS) is 25.2. The fraction of sp³-hybridized carbons (Fsp3) is 0.533. The van der Waals surface area contributed by atoms with Crippen LogP contribution in [-0.4, -0.2) is 11.9 Å². The fourth-order valence-electron chi connectivity index (χ4n) is 3.07. The molecule has 2 aliphatic rings. The molecule has 1 fully saturated rings. The first kappa shape index (κ1) is 10.8. The number of hydrogen-bond donors (Lipinski definition) is 0. The van der Waals surface area contributed by atoms with Crippen LogP contribution < -0.4 is 4.74 Å². The van der Waals surface area contributed by atoms with E-state index in [4.69, 9.17) is 4.74 Å². The molecule has 0 radical (unpaired) electrons. The van der Waals surface area contributed by atoms with Gasteiger partial charge < -0.3 is 4.74 Å². The van der Waals surface area contributed by atoms with Gasteiger partial charge >= 0.3 is 0 Å². The molecule has 1 unspecified atom stereocenters. The van der Waals surface area contributed by atoms with Crippen molar-refractivity contribution in [1.29, 1.82) is 0 Å². The van der Waals surface area contributed by atoms with Gasteiger partial charge in [0.05, 0.1) is 5.56 Å². The summed E-state index contributed by atoms with van der Waals surface area (Å²) in [4.78, 5) is 12.1. The molecule has 0 aromatic heterocycles. The molecule has 1 aromatic carbocycles. The van der Waals surface area contributed by atoms with Gasteiger partial charge in [0.1, 0.15) is 11.9 Å². The number of ketones is 1. The monoisotopic (exact) mass is 230 g/mol. The number of rotatable bonds is 1. The first-order chi connectivity index (χ1) is 8.34. The van der Waals surface area contributed by atoms with Crippen molar-refractivity contribution in [2.75, 3.05) is 0 Å². The summed E-state index contributed by atoms with van der Waals surface area (Å²) in [6.07, 6.45) is 7.06. The van der Waals surface area contributed by atoms with Crippen LogP contribution in [0.2, 0.25) is 0 Å². The lowest BCUT2D eigenvalue weighted by molar-refractivity contribution is 0.0655. The molecular weight excluding hydrogens is 212 g/mol. The molecule has 2 nitrogen and oxygen atoms in total. The molecule has 0 N–H and O–H groups in total.